The molecule has 0 saturated heterocycles. The van der Waals surface area contributed by atoms with Crippen molar-refractivity contribution in [3.63, 3.8) is 0 Å². The van der Waals surface area contributed by atoms with Gasteiger partial charge >= 0.3 is 6.18 Å². The number of alkyl halides is 4. The molecule has 0 saturated carbocycles. The fourth-order valence-electron chi connectivity index (χ4n) is 1.02. The summed E-state index contributed by atoms with van der Waals surface area (Å²) in [6, 6.07) is -0.476. The molecule has 1 amide bonds. The summed E-state index contributed by atoms with van der Waals surface area (Å²) in [4.78, 5) is 12.5. The van der Waals surface area contributed by atoms with Gasteiger partial charge in [0, 0.05) is 6.04 Å². The first-order valence-corrected chi connectivity index (χ1v) is 5.31. The van der Waals surface area contributed by atoms with Gasteiger partial charge in [-0.25, -0.2) is 0 Å². The fourth-order valence-corrected chi connectivity index (χ4v) is 1.25. The number of halogens is 4. The summed E-state index contributed by atoms with van der Waals surface area (Å²) in [5.74, 6) is -0.560. The van der Waals surface area contributed by atoms with Crippen molar-refractivity contribution in [1.82, 2.24) is 4.90 Å². The van der Waals surface area contributed by atoms with Crippen LogP contribution in [-0.4, -0.2) is 33.9 Å². The molecule has 0 radical (unpaired) electrons. The summed E-state index contributed by atoms with van der Waals surface area (Å²) in [5, 5.41) is 0. The van der Waals surface area contributed by atoms with Crippen molar-refractivity contribution >= 4 is 21.8 Å². The lowest BCUT2D eigenvalue weighted by atomic mass is 10.1. The van der Waals surface area contributed by atoms with E-state index >= 15 is 0 Å². The quantitative estimate of drug-likeness (QED) is 0.732. The molecular formula is C9H15BrF3NO. The minimum Gasteiger partial charge on any atom is -0.330 e. The lowest BCUT2D eigenvalue weighted by Crippen LogP contribution is -2.49. The number of nitrogens with zero attached hydrogens (tertiary/aromatic N) is 1. The maximum atomic E-state index is 12.2. The van der Waals surface area contributed by atoms with Gasteiger partial charge in [-0.05, 0) is 27.7 Å². The van der Waals surface area contributed by atoms with Gasteiger partial charge in [0.05, 0.1) is 4.32 Å². The molecule has 0 fully saturated rings. The Bertz CT molecular complexity index is 232. The Kier molecular flexibility index (Phi) is 4.64. The maximum absolute atomic E-state index is 12.2. The molecule has 2 nitrogen and oxygen atoms in total. The molecule has 0 aromatic heterocycles. The third-order valence-corrected chi connectivity index (χ3v) is 2.08. The van der Waals surface area contributed by atoms with Crippen molar-refractivity contribution in [1.29, 1.82) is 0 Å². The van der Waals surface area contributed by atoms with E-state index in [0.29, 0.717) is 0 Å². The molecule has 0 N–H and O–H groups in total. The van der Waals surface area contributed by atoms with Crippen LogP contribution in [0.5, 0.6) is 0 Å². The number of carbonyl (C=O) groups is 1. The van der Waals surface area contributed by atoms with Crippen LogP contribution in [-0.2, 0) is 4.79 Å². The van der Waals surface area contributed by atoms with Crippen molar-refractivity contribution < 1.29 is 18.0 Å². The lowest BCUT2D eigenvalue weighted by molar-refractivity contribution is -0.165. The Morgan fingerprint density at radius 1 is 1.33 bits per heavy atom. The Balaban J connectivity index is 4.77. The van der Waals surface area contributed by atoms with E-state index in [4.69, 9.17) is 0 Å². The highest BCUT2D eigenvalue weighted by molar-refractivity contribution is 9.10. The van der Waals surface area contributed by atoms with Crippen LogP contribution in [0.4, 0.5) is 13.2 Å². The van der Waals surface area contributed by atoms with E-state index in [1.54, 1.807) is 13.8 Å². The first-order chi connectivity index (χ1) is 6.45. The van der Waals surface area contributed by atoms with E-state index in [9.17, 15) is 18.0 Å². The molecular weight excluding hydrogens is 275 g/mol. The number of carbonyl (C=O) groups excluding carboxylic acids is 1. The third kappa shape index (κ3) is 5.39. The molecule has 0 heterocycles. The van der Waals surface area contributed by atoms with Gasteiger partial charge in [0.2, 0.25) is 5.91 Å². The van der Waals surface area contributed by atoms with E-state index < -0.39 is 29.0 Å². The number of hydrogen-bond acceptors (Lipinski definition) is 1. The molecule has 6 heteroatoms. The first-order valence-electron chi connectivity index (χ1n) is 4.52. The molecule has 0 atom stereocenters. The summed E-state index contributed by atoms with van der Waals surface area (Å²) in [6.07, 6.45) is -4.36. The molecule has 90 valence electrons. The molecule has 0 spiro atoms. The topological polar surface area (TPSA) is 20.3 Å². The van der Waals surface area contributed by atoms with Crippen molar-refractivity contribution in [3.8, 4) is 0 Å². The maximum Gasteiger partial charge on any atom is 0.406 e. The second-order valence-corrected chi connectivity index (χ2v) is 6.10. The predicted octanol–water partition coefficient (Wildman–Crippen LogP) is 2.96. The minimum atomic E-state index is -4.36. The Labute approximate surface area is 95.9 Å². The van der Waals surface area contributed by atoms with Crippen LogP contribution in [0.15, 0.2) is 0 Å². The third-order valence-electron chi connectivity index (χ3n) is 1.74. The Hall–Kier alpha value is -0.260. The summed E-state index contributed by atoms with van der Waals surface area (Å²) in [6.45, 7) is 4.96. The highest BCUT2D eigenvalue weighted by Crippen LogP contribution is 2.24. The number of hydrogen-bond donors (Lipinski definition) is 0. The van der Waals surface area contributed by atoms with Crippen LogP contribution in [0.25, 0.3) is 0 Å². The van der Waals surface area contributed by atoms with Gasteiger partial charge in [-0.15, -0.1) is 0 Å². The van der Waals surface area contributed by atoms with Gasteiger partial charge in [-0.3, -0.25) is 4.79 Å². The predicted molar refractivity (Wildman–Crippen MR) is 55.9 cm³/mol. The molecule has 0 aliphatic rings. The average Bonchev–Trinajstić information content (AvgIpc) is 1.94. The Morgan fingerprint density at radius 3 is 1.93 bits per heavy atom. The SMILES string of the molecule is CC(C)N(CC(F)(F)F)C(=O)C(C)(C)Br. The fraction of sp³-hybridized carbons (Fsp3) is 0.889. The molecule has 0 bridgehead atoms. The van der Waals surface area contributed by atoms with Gasteiger partial charge in [-0.2, -0.15) is 13.2 Å². The molecule has 0 aromatic rings. The monoisotopic (exact) mass is 289 g/mol. The molecule has 0 aromatic carbocycles. The largest absolute Gasteiger partial charge is 0.406 e. The van der Waals surface area contributed by atoms with Gasteiger partial charge in [0.25, 0.3) is 0 Å². The van der Waals surface area contributed by atoms with Crippen molar-refractivity contribution in [3.05, 3.63) is 0 Å². The summed E-state index contributed by atoms with van der Waals surface area (Å²) >= 11 is 3.06. The van der Waals surface area contributed by atoms with Crippen LogP contribution in [0.2, 0.25) is 0 Å². The standard InChI is InChI=1S/C9H15BrF3NO/c1-6(2)14(5-9(11,12)13)7(15)8(3,4)10/h6H,5H2,1-4H3. The van der Waals surface area contributed by atoms with Crippen molar-refractivity contribution in [2.24, 2.45) is 0 Å². The van der Waals surface area contributed by atoms with Crippen LogP contribution in [0.3, 0.4) is 0 Å². The highest BCUT2D eigenvalue weighted by Gasteiger charge is 2.38. The minimum absolute atomic E-state index is 0.476. The average molecular weight is 290 g/mol. The molecule has 0 unspecified atom stereocenters. The summed E-state index contributed by atoms with van der Waals surface area (Å²) < 4.78 is 35.6. The number of amides is 1. The van der Waals surface area contributed by atoms with E-state index in [-0.39, 0.29) is 0 Å². The van der Waals surface area contributed by atoms with Crippen LogP contribution < -0.4 is 0 Å². The summed E-state index contributed by atoms with van der Waals surface area (Å²) in [7, 11) is 0. The zero-order chi connectivity index (χ0) is 12.4. The van der Waals surface area contributed by atoms with Gasteiger partial charge in [0.15, 0.2) is 0 Å². The van der Waals surface area contributed by atoms with E-state index in [2.05, 4.69) is 15.9 Å². The van der Waals surface area contributed by atoms with Crippen LogP contribution in [0, 0.1) is 0 Å². The molecule has 0 aliphatic carbocycles. The second kappa shape index (κ2) is 4.72. The summed E-state index contributed by atoms with van der Waals surface area (Å²) in [5.41, 5.74) is 0. The molecule has 15 heavy (non-hydrogen) atoms. The Morgan fingerprint density at radius 2 is 1.73 bits per heavy atom. The van der Waals surface area contributed by atoms with E-state index in [1.165, 1.54) is 13.8 Å². The zero-order valence-corrected chi connectivity index (χ0v) is 10.7. The van der Waals surface area contributed by atoms with Crippen LogP contribution >= 0.6 is 15.9 Å². The smallest absolute Gasteiger partial charge is 0.330 e. The highest BCUT2D eigenvalue weighted by atomic mass is 79.9. The normalized spacial score (nSPS) is 13.1. The first kappa shape index (κ1) is 14.7. The molecule has 0 aliphatic heterocycles. The van der Waals surface area contributed by atoms with Gasteiger partial charge in [0.1, 0.15) is 6.54 Å². The van der Waals surface area contributed by atoms with Gasteiger partial charge in [-0.1, -0.05) is 15.9 Å². The molecule has 0 rings (SSSR count). The number of rotatable bonds is 3. The van der Waals surface area contributed by atoms with E-state index in [1.807, 2.05) is 0 Å². The van der Waals surface area contributed by atoms with E-state index in [0.717, 1.165) is 4.90 Å². The van der Waals surface area contributed by atoms with Crippen LogP contribution in [0.1, 0.15) is 27.7 Å². The zero-order valence-electron chi connectivity index (χ0n) is 9.15. The van der Waals surface area contributed by atoms with Crippen molar-refractivity contribution in [2.75, 3.05) is 6.54 Å². The lowest BCUT2D eigenvalue weighted by Gasteiger charge is -2.32. The second-order valence-electron chi connectivity index (χ2n) is 4.11. The van der Waals surface area contributed by atoms with Gasteiger partial charge < -0.3 is 4.90 Å². The van der Waals surface area contributed by atoms with Crippen molar-refractivity contribution in [2.45, 2.75) is 44.2 Å².